The van der Waals surface area contributed by atoms with E-state index in [-0.39, 0.29) is 5.43 Å². The molecule has 0 spiro atoms. The molecule has 4 rings (SSSR count). The van der Waals surface area contributed by atoms with Gasteiger partial charge in [0.2, 0.25) is 0 Å². The number of benzene rings is 2. The molecule has 0 aliphatic carbocycles. The number of hydrogen-bond donors (Lipinski definition) is 0. The first-order valence-electron chi connectivity index (χ1n) is 9.59. The van der Waals surface area contributed by atoms with Crippen molar-refractivity contribution in [2.24, 2.45) is 0 Å². The molecule has 1 aromatic heterocycles. The molecule has 3 aromatic rings. The van der Waals surface area contributed by atoms with Crippen LogP contribution in [0.4, 0.5) is 14.7 Å². The number of ether oxygens (including phenoxy) is 2. The van der Waals surface area contributed by atoms with Gasteiger partial charge in [0.1, 0.15) is 22.5 Å². The molecule has 1 aliphatic rings. The van der Waals surface area contributed by atoms with Crippen molar-refractivity contribution in [1.29, 1.82) is 0 Å². The molecule has 0 bridgehead atoms. The maximum atomic E-state index is 13.4. The molecule has 2 aromatic carbocycles. The quantitative estimate of drug-likeness (QED) is 0.636. The number of halogens is 2. The summed E-state index contributed by atoms with van der Waals surface area (Å²) >= 11 is 0. The van der Waals surface area contributed by atoms with E-state index in [0.29, 0.717) is 61.1 Å². The Morgan fingerprint density at radius 3 is 2.40 bits per heavy atom. The molecule has 0 atom stereocenters. The third-order valence-electron chi connectivity index (χ3n) is 5.28. The lowest BCUT2D eigenvalue weighted by molar-refractivity contribution is 0.245. The van der Waals surface area contributed by atoms with Crippen LogP contribution in [0, 0.1) is 11.6 Å². The molecule has 0 radical (unpaired) electrons. The highest BCUT2D eigenvalue weighted by atomic mass is 19.2. The average molecular weight is 416 g/mol. The summed E-state index contributed by atoms with van der Waals surface area (Å²) in [4.78, 5) is 16.8. The Hall–Kier alpha value is -3.13. The third kappa shape index (κ3) is 3.95. The normalized spacial score (nSPS) is 14.9. The standard InChI is InChI=1S/C22H22F2N2O4/c1-28-15-10-19(29-2)22-18(27)12-21(30-20(22)11-15)26-7-5-25(6-8-26)13-14-3-4-16(23)17(24)9-14/h3-4,9-12H,5-8,13H2,1-2H3. The largest absolute Gasteiger partial charge is 0.496 e. The van der Waals surface area contributed by atoms with Crippen LogP contribution in [0.2, 0.25) is 0 Å². The minimum absolute atomic E-state index is 0.185. The smallest absolute Gasteiger partial charge is 0.200 e. The minimum Gasteiger partial charge on any atom is -0.496 e. The second-order valence-corrected chi connectivity index (χ2v) is 7.16. The fourth-order valence-corrected chi connectivity index (χ4v) is 3.67. The van der Waals surface area contributed by atoms with E-state index in [1.54, 1.807) is 18.2 Å². The van der Waals surface area contributed by atoms with Gasteiger partial charge in [0, 0.05) is 50.9 Å². The zero-order valence-electron chi connectivity index (χ0n) is 16.8. The lowest BCUT2D eigenvalue weighted by atomic mass is 10.1. The number of anilines is 1. The first-order chi connectivity index (χ1) is 14.5. The van der Waals surface area contributed by atoms with Crippen molar-refractivity contribution in [3.8, 4) is 11.5 Å². The topological polar surface area (TPSA) is 55.2 Å². The predicted molar refractivity (Wildman–Crippen MR) is 109 cm³/mol. The molecule has 0 N–H and O–H groups in total. The Kier molecular flexibility index (Phi) is 5.59. The van der Waals surface area contributed by atoms with Crippen LogP contribution in [0.1, 0.15) is 5.56 Å². The zero-order valence-corrected chi connectivity index (χ0v) is 16.8. The molecule has 30 heavy (non-hydrogen) atoms. The van der Waals surface area contributed by atoms with E-state index in [4.69, 9.17) is 13.9 Å². The number of fused-ring (bicyclic) bond motifs is 1. The summed E-state index contributed by atoms with van der Waals surface area (Å²) in [6, 6.07) is 8.76. The van der Waals surface area contributed by atoms with E-state index in [0.717, 1.165) is 11.6 Å². The van der Waals surface area contributed by atoms with Gasteiger partial charge in [-0.05, 0) is 17.7 Å². The van der Waals surface area contributed by atoms with Gasteiger partial charge in [-0.3, -0.25) is 9.69 Å². The van der Waals surface area contributed by atoms with E-state index in [1.807, 2.05) is 4.90 Å². The monoisotopic (exact) mass is 416 g/mol. The van der Waals surface area contributed by atoms with Crippen LogP contribution < -0.4 is 19.8 Å². The Morgan fingerprint density at radius 1 is 0.967 bits per heavy atom. The SMILES string of the molecule is COc1cc(OC)c2c(=O)cc(N3CCN(Cc4ccc(F)c(F)c4)CC3)oc2c1. The summed E-state index contributed by atoms with van der Waals surface area (Å²) in [6.45, 7) is 3.20. The number of nitrogens with zero attached hydrogens (tertiary/aromatic N) is 2. The molecule has 1 fully saturated rings. The Bertz CT molecular complexity index is 1120. The maximum absolute atomic E-state index is 13.4. The van der Waals surface area contributed by atoms with Crippen molar-refractivity contribution in [2.45, 2.75) is 6.54 Å². The molecule has 1 saturated heterocycles. The summed E-state index contributed by atoms with van der Waals surface area (Å²) in [5, 5.41) is 0.374. The summed E-state index contributed by atoms with van der Waals surface area (Å²) in [5.41, 5.74) is 0.937. The maximum Gasteiger partial charge on any atom is 0.200 e. The summed E-state index contributed by atoms with van der Waals surface area (Å²) in [6.07, 6.45) is 0. The second kappa shape index (κ2) is 8.31. The summed E-state index contributed by atoms with van der Waals surface area (Å²) in [7, 11) is 3.03. The van der Waals surface area contributed by atoms with E-state index >= 15 is 0 Å². The number of piperazine rings is 1. The van der Waals surface area contributed by atoms with E-state index < -0.39 is 11.6 Å². The van der Waals surface area contributed by atoms with E-state index in [2.05, 4.69) is 4.90 Å². The number of hydrogen-bond acceptors (Lipinski definition) is 6. The fourth-order valence-electron chi connectivity index (χ4n) is 3.67. The van der Waals surface area contributed by atoms with Crippen molar-refractivity contribution in [1.82, 2.24) is 4.90 Å². The Balaban J connectivity index is 1.51. The fraction of sp³-hybridized carbons (Fsp3) is 0.318. The molecule has 0 saturated carbocycles. The van der Waals surface area contributed by atoms with E-state index in [9.17, 15) is 13.6 Å². The number of methoxy groups -OCH3 is 2. The molecule has 2 heterocycles. The van der Waals surface area contributed by atoms with Crippen molar-refractivity contribution >= 4 is 16.9 Å². The predicted octanol–water partition coefficient (Wildman–Crippen LogP) is 3.41. The lowest BCUT2D eigenvalue weighted by Crippen LogP contribution is -2.46. The van der Waals surface area contributed by atoms with Gasteiger partial charge >= 0.3 is 0 Å². The highest BCUT2D eigenvalue weighted by Crippen LogP contribution is 2.31. The molecule has 0 amide bonds. The molecular formula is C22H22F2N2O4. The molecule has 6 nitrogen and oxygen atoms in total. The van der Waals surface area contributed by atoms with Crippen molar-refractivity contribution < 1.29 is 22.7 Å². The van der Waals surface area contributed by atoms with Crippen molar-refractivity contribution in [3.63, 3.8) is 0 Å². The van der Waals surface area contributed by atoms with Crippen LogP contribution >= 0.6 is 0 Å². The van der Waals surface area contributed by atoms with Crippen LogP contribution in [0.25, 0.3) is 11.0 Å². The highest BCUT2D eigenvalue weighted by molar-refractivity contribution is 5.86. The van der Waals surface area contributed by atoms with Gasteiger partial charge in [-0.15, -0.1) is 0 Å². The molecule has 1 aliphatic heterocycles. The number of rotatable bonds is 5. The van der Waals surface area contributed by atoms with Crippen LogP contribution in [-0.4, -0.2) is 45.3 Å². The van der Waals surface area contributed by atoms with Gasteiger partial charge in [0.25, 0.3) is 0 Å². The van der Waals surface area contributed by atoms with Crippen molar-refractivity contribution in [2.75, 3.05) is 45.3 Å². The molecule has 8 heteroatoms. The highest BCUT2D eigenvalue weighted by Gasteiger charge is 2.21. The van der Waals surface area contributed by atoms with Crippen LogP contribution in [-0.2, 0) is 6.54 Å². The van der Waals surface area contributed by atoms with Crippen LogP contribution in [0.15, 0.2) is 45.6 Å². The lowest BCUT2D eigenvalue weighted by Gasteiger charge is -2.35. The van der Waals surface area contributed by atoms with Crippen LogP contribution in [0.3, 0.4) is 0 Å². The average Bonchev–Trinajstić information content (AvgIpc) is 2.75. The van der Waals surface area contributed by atoms with Gasteiger partial charge in [0.05, 0.1) is 14.2 Å². The van der Waals surface area contributed by atoms with Gasteiger partial charge in [-0.1, -0.05) is 6.07 Å². The Morgan fingerprint density at radius 2 is 1.73 bits per heavy atom. The van der Waals surface area contributed by atoms with Gasteiger partial charge in [0.15, 0.2) is 22.9 Å². The van der Waals surface area contributed by atoms with Crippen molar-refractivity contribution in [3.05, 3.63) is 63.8 Å². The first kappa shape index (κ1) is 20.2. The van der Waals surface area contributed by atoms with Crippen LogP contribution in [0.5, 0.6) is 11.5 Å². The molecule has 158 valence electrons. The van der Waals surface area contributed by atoms with E-state index in [1.165, 1.54) is 26.4 Å². The van der Waals surface area contributed by atoms with Gasteiger partial charge < -0.3 is 18.8 Å². The Labute approximate surface area is 172 Å². The zero-order chi connectivity index (χ0) is 21.3. The van der Waals surface area contributed by atoms with Gasteiger partial charge in [-0.25, -0.2) is 8.78 Å². The summed E-state index contributed by atoms with van der Waals surface area (Å²) in [5.74, 6) is -0.259. The first-order valence-corrected chi connectivity index (χ1v) is 9.59. The minimum atomic E-state index is -0.844. The molecule has 0 unspecified atom stereocenters. The molecular weight excluding hydrogens is 394 g/mol. The third-order valence-corrected chi connectivity index (χ3v) is 5.28. The summed E-state index contributed by atoms with van der Waals surface area (Å²) < 4.78 is 43.1. The second-order valence-electron chi connectivity index (χ2n) is 7.16. The van der Waals surface area contributed by atoms with Gasteiger partial charge in [-0.2, -0.15) is 0 Å².